The number of rotatable bonds is 3. The van der Waals surface area contributed by atoms with Gasteiger partial charge in [0.25, 0.3) is 5.91 Å². The highest BCUT2D eigenvalue weighted by Crippen LogP contribution is 2.20. The summed E-state index contributed by atoms with van der Waals surface area (Å²) in [5.41, 5.74) is 7.70. The molecule has 0 bridgehead atoms. The number of carbonyl (C=O) groups is 1. The van der Waals surface area contributed by atoms with E-state index >= 15 is 0 Å². The van der Waals surface area contributed by atoms with Gasteiger partial charge in [0.1, 0.15) is 5.69 Å². The first-order valence-corrected chi connectivity index (χ1v) is 6.14. The van der Waals surface area contributed by atoms with Crippen LogP contribution in [0, 0.1) is 0 Å². The maximum Gasteiger partial charge on any atom is 0.272 e. The van der Waals surface area contributed by atoms with Gasteiger partial charge in [-0.05, 0) is 29.8 Å². The van der Waals surface area contributed by atoms with E-state index in [-0.39, 0.29) is 5.91 Å². The number of hydrogen-bond donors (Lipinski definition) is 1. The first kappa shape index (κ1) is 13.4. The van der Waals surface area contributed by atoms with Gasteiger partial charge in [-0.2, -0.15) is 5.10 Å². The number of nitrogen functional groups attached to an aromatic ring is 1. The monoisotopic (exact) mass is 278 g/mol. The Morgan fingerprint density at radius 1 is 1.47 bits per heavy atom. The number of hydrogen-bond acceptors (Lipinski definition) is 3. The smallest absolute Gasteiger partial charge is 0.272 e. The summed E-state index contributed by atoms with van der Waals surface area (Å²) in [5, 5.41) is 4.58. The number of anilines is 1. The number of amides is 1. The van der Waals surface area contributed by atoms with Crippen LogP contribution in [0.3, 0.4) is 0 Å². The van der Waals surface area contributed by atoms with Crippen LogP contribution >= 0.6 is 11.6 Å². The van der Waals surface area contributed by atoms with E-state index in [1.54, 1.807) is 54.1 Å². The lowest BCUT2D eigenvalue weighted by molar-refractivity contribution is 0.0774. The lowest BCUT2D eigenvalue weighted by Gasteiger charge is -2.18. The van der Waals surface area contributed by atoms with Crippen molar-refractivity contribution in [3.05, 3.63) is 46.7 Å². The van der Waals surface area contributed by atoms with E-state index in [0.717, 1.165) is 5.56 Å². The van der Waals surface area contributed by atoms with E-state index in [2.05, 4.69) is 5.10 Å². The predicted octanol–water partition coefficient (Wildman–Crippen LogP) is 1.93. The van der Waals surface area contributed by atoms with E-state index < -0.39 is 0 Å². The van der Waals surface area contributed by atoms with Crippen LogP contribution in [0.4, 0.5) is 5.69 Å². The third-order valence-electron chi connectivity index (χ3n) is 2.86. The summed E-state index contributed by atoms with van der Waals surface area (Å²) in [6.45, 7) is 0.397. The normalized spacial score (nSPS) is 10.5. The highest BCUT2D eigenvalue weighted by Gasteiger charge is 2.16. The molecule has 1 aromatic carbocycles. The molecule has 1 heterocycles. The summed E-state index contributed by atoms with van der Waals surface area (Å²) in [7, 11) is 3.45. The van der Waals surface area contributed by atoms with Crippen LogP contribution in [0.15, 0.2) is 30.5 Å². The third kappa shape index (κ3) is 2.88. The van der Waals surface area contributed by atoms with Gasteiger partial charge < -0.3 is 10.6 Å². The SMILES string of the molecule is CN(Cc1cc(N)ccc1Cl)C(=O)c1ccnn1C. The quantitative estimate of drug-likeness (QED) is 0.873. The van der Waals surface area contributed by atoms with Crippen LogP contribution in [0.25, 0.3) is 0 Å². The minimum Gasteiger partial charge on any atom is -0.399 e. The molecule has 0 radical (unpaired) electrons. The molecule has 2 aromatic rings. The third-order valence-corrected chi connectivity index (χ3v) is 3.23. The summed E-state index contributed by atoms with van der Waals surface area (Å²) in [4.78, 5) is 13.8. The van der Waals surface area contributed by atoms with E-state index in [1.165, 1.54) is 0 Å². The van der Waals surface area contributed by atoms with Crippen molar-refractivity contribution < 1.29 is 4.79 Å². The molecule has 0 aliphatic heterocycles. The largest absolute Gasteiger partial charge is 0.399 e. The van der Waals surface area contributed by atoms with Crippen LogP contribution in [-0.4, -0.2) is 27.6 Å². The topological polar surface area (TPSA) is 64.2 Å². The maximum atomic E-state index is 12.2. The van der Waals surface area contributed by atoms with E-state index in [9.17, 15) is 4.79 Å². The van der Waals surface area contributed by atoms with Gasteiger partial charge in [0, 0.05) is 37.5 Å². The van der Waals surface area contributed by atoms with Crippen molar-refractivity contribution in [1.82, 2.24) is 14.7 Å². The van der Waals surface area contributed by atoms with Crippen LogP contribution in [-0.2, 0) is 13.6 Å². The van der Waals surface area contributed by atoms with Gasteiger partial charge in [-0.3, -0.25) is 9.48 Å². The first-order chi connectivity index (χ1) is 8.99. The van der Waals surface area contributed by atoms with Crippen molar-refractivity contribution in [1.29, 1.82) is 0 Å². The van der Waals surface area contributed by atoms with Gasteiger partial charge in [-0.25, -0.2) is 0 Å². The molecule has 1 amide bonds. The molecule has 0 spiro atoms. The molecule has 6 heteroatoms. The summed E-state index contributed by atoms with van der Waals surface area (Å²) in [6, 6.07) is 6.92. The number of halogens is 1. The van der Waals surface area contributed by atoms with Crippen molar-refractivity contribution in [3.63, 3.8) is 0 Å². The fourth-order valence-corrected chi connectivity index (χ4v) is 2.00. The Hall–Kier alpha value is -2.01. The second-order valence-corrected chi connectivity index (χ2v) is 4.76. The Labute approximate surface area is 116 Å². The lowest BCUT2D eigenvalue weighted by atomic mass is 10.2. The number of carbonyl (C=O) groups excluding carboxylic acids is 1. The molecule has 19 heavy (non-hydrogen) atoms. The second kappa shape index (κ2) is 5.32. The molecule has 100 valence electrons. The van der Waals surface area contributed by atoms with Crippen molar-refractivity contribution in [2.75, 3.05) is 12.8 Å². The molecule has 2 rings (SSSR count). The number of aromatic nitrogens is 2. The van der Waals surface area contributed by atoms with E-state index in [0.29, 0.717) is 22.9 Å². The number of benzene rings is 1. The van der Waals surface area contributed by atoms with Crippen LogP contribution < -0.4 is 5.73 Å². The minimum atomic E-state index is -0.113. The van der Waals surface area contributed by atoms with Gasteiger partial charge in [0.2, 0.25) is 0 Å². The molecular formula is C13H15ClN4O. The maximum absolute atomic E-state index is 12.2. The average molecular weight is 279 g/mol. The van der Waals surface area contributed by atoms with Crippen molar-refractivity contribution >= 4 is 23.2 Å². The molecule has 2 N–H and O–H groups in total. The zero-order chi connectivity index (χ0) is 14.0. The Morgan fingerprint density at radius 2 is 2.21 bits per heavy atom. The highest BCUT2D eigenvalue weighted by atomic mass is 35.5. The van der Waals surface area contributed by atoms with Crippen LogP contribution in [0.5, 0.6) is 0 Å². The Balaban J connectivity index is 2.17. The summed E-state index contributed by atoms with van der Waals surface area (Å²) >= 11 is 6.09. The van der Waals surface area contributed by atoms with E-state index in [4.69, 9.17) is 17.3 Å². The second-order valence-electron chi connectivity index (χ2n) is 4.35. The minimum absolute atomic E-state index is 0.113. The van der Waals surface area contributed by atoms with Crippen molar-refractivity contribution in [2.45, 2.75) is 6.54 Å². The molecular weight excluding hydrogens is 264 g/mol. The standard InChI is InChI=1S/C13H15ClN4O/c1-17(13(19)12-5-6-16-18(12)2)8-9-7-10(15)3-4-11(9)14/h3-7H,8,15H2,1-2H3. The number of nitrogens with zero attached hydrogens (tertiary/aromatic N) is 3. The molecule has 0 unspecified atom stereocenters. The molecule has 0 atom stereocenters. The molecule has 5 nitrogen and oxygen atoms in total. The Morgan fingerprint density at radius 3 is 2.84 bits per heavy atom. The molecule has 1 aromatic heterocycles. The fraction of sp³-hybridized carbons (Fsp3) is 0.231. The van der Waals surface area contributed by atoms with Crippen molar-refractivity contribution in [2.24, 2.45) is 7.05 Å². The molecule has 0 aliphatic carbocycles. The summed E-state index contributed by atoms with van der Waals surface area (Å²) in [5.74, 6) is -0.113. The Bertz CT molecular complexity index is 608. The van der Waals surface area contributed by atoms with Gasteiger partial charge >= 0.3 is 0 Å². The molecule has 0 fully saturated rings. The molecule has 0 saturated carbocycles. The number of nitrogens with two attached hydrogens (primary N) is 1. The van der Waals surface area contributed by atoms with E-state index in [1.807, 2.05) is 0 Å². The van der Waals surface area contributed by atoms with Gasteiger partial charge in [-0.1, -0.05) is 11.6 Å². The highest BCUT2D eigenvalue weighted by molar-refractivity contribution is 6.31. The summed E-state index contributed by atoms with van der Waals surface area (Å²) in [6.07, 6.45) is 1.59. The van der Waals surface area contributed by atoms with Crippen molar-refractivity contribution in [3.8, 4) is 0 Å². The molecule has 0 saturated heterocycles. The average Bonchev–Trinajstić information content (AvgIpc) is 2.79. The van der Waals surface area contributed by atoms with Gasteiger partial charge in [0.15, 0.2) is 0 Å². The first-order valence-electron chi connectivity index (χ1n) is 5.76. The van der Waals surface area contributed by atoms with Crippen LogP contribution in [0.2, 0.25) is 5.02 Å². The molecule has 0 aliphatic rings. The fourth-order valence-electron chi connectivity index (χ4n) is 1.82. The predicted molar refractivity (Wildman–Crippen MR) is 74.9 cm³/mol. The van der Waals surface area contributed by atoms with Gasteiger partial charge in [0.05, 0.1) is 0 Å². The lowest BCUT2D eigenvalue weighted by Crippen LogP contribution is -2.28. The zero-order valence-electron chi connectivity index (χ0n) is 10.8. The summed E-state index contributed by atoms with van der Waals surface area (Å²) < 4.78 is 1.54. The zero-order valence-corrected chi connectivity index (χ0v) is 11.6. The van der Waals surface area contributed by atoms with Crippen LogP contribution in [0.1, 0.15) is 16.1 Å². The number of aryl methyl sites for hydroxylation is 1. The Kier molecular flexibility index (Phi) is 3.76. The van der Waals surface area contributed by atoms with Gasteiger partial charge in [-0.15, -0.1) is 0 Å².